The summed E-state index contributed by atoms with van der Waals surface area (Å²) in [7, 11) is 0. The molecule has 3 rings (SSSR count). The van der Waals surface area contributed by atoms with Crippen LogP contribution >= 0.6 is 23.1 Å². The fourth-order valence-electron chi connectivity index (χ4n) is 3.31. The number of fused-ring (bicyclic) bond motifs is 1. The highest BCUT2D eigenvalue weighted by molar-refractivity contribution is 8.00. The Morgan fingerprint density at radius 2 is 2.16 bits per heavy atom. The van der Waals surface area contributed by atoms with Crippen LogP contribution in [-0.4, -0.2) is 56.5 Å². The third kappa shape index (κ3) is 5.05. The zero-order valence-corrected chi connectivity index (χ0v) is 15.7. The zero-order valence-electron chi connectivity index (χ0n) is 14.1. The summed E-state index contributed by atoms with van der Waals surface area (Å²) in [4.78, 5) is 21.7. The molecule has 2 fully saturated rings. The van der Waals surface area contributed by atoms with Crippen molar-refractivity contribution in [1.29, 1.82) is 0 Å². The van der Waals surface area contributed by atoms with Crippen molar-refractivity contribution in [3.8, 4) is 0 Å². The third-order valence-corrected chi connectivity index (χ3v) is 7.33. The molecule has 8 nitrogen and oxygen atoms in total. The van der Waals surface area contributed by atoms with Crippen LogP contribution in [0.1, 0.15) is 34.8 Å². The van der Waals surface area contributed by atoms with Crippen LogP contribution < -0.4 is 10.6 Å². The van der Waals surface area contributed by atoms with Crippen LogP contribution in [0.4, 0.5) is 4.79 Å². The molecule has 25 heavy (non-hydrogen) atoms. The number of amides is 2. The van der Waals surface area contributed by atoms with Crippen molar-refractivity contribution in [2.45, 2.75) is 56.4 Å². The Hall–Kier alpha value is -0.910. The zero-order chi connectivity index (χ0) is 17.8. The molecule has 0 bridgehead atoms. The molecular formula is C15H24N4O4S2. The van der Waals surface area contributed by atoms with Crippen molar-refractivity contribution >= 4 is 29.1 Å². The number of aryl methyl sites for hydroxylation is 2. The number of carbonyl (C=O) groups is 1. The van der Waals surface area contributed by atoms with Crippen LogP contribution in [-0.2, 0) is 17.7 Å². The van der Waals surface area contributed by atoms with Crippen LogP contribution in [0.15, 0.2) is 0 Å². The maximum absolute atomic E-state index is 11.4. The lowest BCUT2D eigenvalue weighted by molar-refractivity contribution is -0.492. The van der Waals surface area contributed by atoms with Gasteiger partial charge in [0.1, 0.15) is 0 Å². The first-order valence-electron chi connectivity index (χ1n) is 8.47. The Bertz CT molecular complexity index is 598. The highest BCUT2D eigenvalue weighted by Crippen LogP contribution is 2.33. The van der Waals surface area contributed by atoms with E-state index in [1.807, 2.05) is 18.7 Å². The summed E-state index contributed by atoms with van der Waals surface area (Å²) in [6, 6.07) is 0.548. The number of hydrogen-bond acceptors (Lipinski definition) is 8. The first-order valence-corrected chi connectivity index (χ1v) is 10.3. The van der Waals surface area contributed by atoms with Crippen molar-refractivity contribution in [2.24, 2.45) is 0 Å². The predicted molar refractivity (Wildman–Crippen MR) is 95.0 cm³/mol. The molecule has 0 aromatic carbocycles. The second-order valence-electron chi connectivity index (χ2n) is 6.32. The van der Waals surface area contributed by atoms with Gasteiger partial charge in [0.05, 0.1) is 34.8 Å². The number of thioether (sulfide) groups is 1. The Labute approximate surface area is 154 Å². The summed E-state index contributed by atoms with van der Waals surface area (Å²) in [6.45, 7) is 2.17. The normalized spacial score (nSPS) is 25.3. The lowest BCUT2D eigenvalue weighted by atomic mass is 10.0. The van der Waals surface area contributed by atoms with E-state index in [0.29, 0.717) is 17.7 Å². The molecule has 0 aliphatic carbocycles. The molecule has 10 heteroatoms. The second kappa shape index (κ2) is 8.65. The molecule has 0 radical (unpaired) electrons. The van der Waals surface area contributed by atoms with E-state index in [1.54, 1.807) is 11.3 Å². The Kier molecular flexibility index (Phi) is 6.53. The van der Waals surface area contributed by atoms with E-state index in [4.69, 9.17) is 10.4 Å². The van der Waals surface area contributed by atoms with E-state index in [-0.39, 0.29) is 24.1 Å². The topological polar surface area (TPSA) is 107 Å². The van der Waals surface area contributed by atoms with Gasteiger partial charge >= 0.3 is 6.03 Å². The van der Waals surface area contributed by atoms with Crippen molar-refractivity contribution < 1.29 is 20.0 Å². The molecule has 1 aromatic heterocycles. The molecule has 0 saturated carbocycles. The number of hydrogen-bond donors (Lipinski definition) is 4. The third-order valence-electron chi connectivity index (χ3n) is 4.54. The molecule has 4 N–H and O–H groups in total. The number of unbranched alkanes of at least 4 members (excludes halogenated alkanes) is 1. The first-order chi connectivity index (χ1) is 12.0. The summed E-state index contributed by atoms with van der Waals surface area (Å²) >= 11 is 3.62. The van der Waals surface area contributed by atoms with E-state index < -0.39 is 0 Å². The summed E-state index contributed by atoms with van der Waals surface area (Å²) in [5.41, 5.74) is 0.986. The van der Waals surface area contributed by atoms with Crippen LogP contribution in [0, 0.1) is 6.92 Å². The minimum Gasteiger partial charge on any atom is -0.332 e. The fourth-order valence-corrected chi connectivity index (χ4v) is 5.95. The number of rotatable bonds is 9. The van der Waals surface area contributed by atoms with E-state index in [1.165, 1.54) is 0 Å². The molecule has 2 amide bonds. The Morgan fingerprint density at radius 3 is 2.96 bits per heavy atom. The van der Waals surface area contributed by atoms with Crippen molar-refractivity contribution in [1.82, 2.24) is 21.0 Å². The van der Waals surface area contributed by atoms with Crippen LogP contribution in [0.2, 0.25) is 0 Å². The quantitative estimate of drug-likeness (QED) is 0.291. The number of thiazole rings is 1. The summed E-state index contributed by atoms with van der Waals surface area (Å²) in [5.74, 6) is 1.00. The SMILES string of the molecule is Cc1nc(CCCC[C@@H]2SCC3NC(=O)N[C@@H]32)sc1CCON(O)O. The Morgan fingerprint density at radius 1 is 1.32 bits per heavy atom. The van der Waals surface area contributed by atoms with Gasteiger partial charge in [-0.3, -0.25) is 15.3 Å². The molecule has 2 aliphatic heterocycles. The molecule has 0 spiro atoms. The maximum atomic E-state index is 11.4. The Balaban J connectivity index is 1.37. The van der Waals surface area contributed by atoms with E-state index >= 15 is 0 Å². The highest BCUT2D eigenvalue weighted by Gasteiger charge is 2.42. The molecule has 3 atom stereocenters. The maximum Gasteiger partial charge on any atom is 0.315 e. The van der Waals surface area contributed by atoms with Gasteiger partial charge in [-0.15, -0.1) is 11.3 Å². The minimum atomic E-state index is -0.259. The average molecular weight is 389 g/mol. The number of nitrogens with one attached hydrogen (secondary N) is 2. The second-order valence-corrected chi connectivity index (χ2v) is 8.76. The number of nitrogens with zero attached hydrogens (tertiary/aromatic N) is 2. The van der Waals surface area contributed by atoms with Crippen LogP contribution in [0.3, 0.4) is 0 Å². The van der Waals surface area contributed by atoms with Gasteiger partial charge in [-0.05, 0) is 26.2 Å². The molecular weight excluding hydrogens is 364 g/mol. The minimum absolute atomic E-state index is 0.0272. The molecule has 2 aliphatic rings. The lowest BCUT2D eigenvalue weighted by Crippen LogP contribution is -2.36. The molecule has 1 unspecified atom stereocenters. The standard InChI is InChI=1S/C15H24N4O4S2/c1-9-11(6-7-23-19(21)22)25-13(16-9)5-3-2-4-12-14-10(8-24-12)17-15(20)18-14/h10,12,14,21-22H,2-8H2,1H3,(H2,17,18,20)/t10?,12-,14-/m0/s1. The molecule has 1 aromatic rings. The van der Waals surface area contributed by atoms with Crippen LogP contribution in [0.5, 0.6) is 0 Å². The molecule has 3 heterocycles. The van der Waals surface area contributed by atoms with Crippen molar-refractivity contribution in [3.63, 3.8) is 0 Å². The predicted octanol–water partition coefficient (Wildman–Crippen LogP) is 1.88. The van der Waals surface area contributed by atoms with Gasteiger partial charge in [-0.2, -0.15) is 11.8 Å². The molecule has 2 saturated heterocycles. The summed E-state index contributed by atoms with van der Waals surface area (Å²) in [6.07, 6.45) is 4.88. The van der Waals surface area contributed by atoms with Gasteiger partial charge < -0.3 is 10.6 Å². The van der Waals surface area contributed by atoms with E-state index in [9.17, 15) is 4.79 Å². The summed E-state index contributed by atoms with van der Waals surface area (Å²) < 4.78 is 0. The monoisotopic (exact) mass is 388 g/mol. The van der Waals surface area contributed by atoms with Gasteiger partial charge in [0.15, 0.2) is 0 Å². The highest BCUT2D eigenvalue weighted by atomic mass is 32.2. The van der Waals surface area contributed by atoms with E-state index in [2.05, 4.69) is 20.5 Å². The number of aromatic nitrogens is 1. The summed E-state index contributed by atoms with van der Waals surface area (Å²) in [5, 5.41) is 24.4. The van der Waals surface area contributed by atoms with Crippen molar-refractivity contribution in [2.75, 3.05) is 12.4 Å². The smallest absolute Gasteiger partial charge is 0.315 e. The van der Waals surface area contributed by atoms with Gasteiger partial charge in [0.25, 0.3) is 0 Å². The van der Waals surface area contributed by atoms with Gasteiger partial charge in [-0.1, -0.05) is 6.42 Å². The van der Waals surface area contributed by atoms with Gasteiger partial charge in [0.2, 0.25) is 0 Å². The van der Waals surface area contributed by atoms with Gasteiger partial charge in [0, 0.05) is 22.3 Å². The average Bonchev–Trinajstić information content (AvgIpc) is 3.19. The largest absolute Gasteiger partial charge is 0.332 e. The molecule has 140 valence electrons. The number of urea groups is 1. The fraction of sp³-hybridized carbons (Fsp3) is 0.733. The van der Waals surface area contributed by atoms with Crippen molar-refractivity contribution in [3.05, 3.63) is 15.6 Å². The van der Waals surface area contributed by atoms with Gasteiger partial charge in [-0.25, -0.2) is 9.78 Å². The number of carbonyl (C=O) groups excluding carboxylic acids is 1. The van der Waals surface area contributed by atoms with Crippen LogP contribution in [0.25, 0.3) is 0 Å². The van der Waals surface area contributed by atoms with E-state index in [0.717, 1.165) is 47.0 Å². The lowest BCUT2D eigenvalue weighted by Gasteiger charge is -2.16. The first kappa shape index (κ1) is 18.9.